The van der Waals surface area contributed by atoms with Gasteiger partial charge in [0.15, 0.2) is 6.19 Å². The molecule has 0 saturated carbocycles. The second-order valence-corrected chi connectivity index (χ2v) is 5.46. The molecule has 0 aliphatic carbocycles. The van der Waals surface area contributed by atoms with Crippen molar-refractivity contribution in [1.29, 1.82) is 10.5 Å². The largest absolute Gasteiger partial charge is 0.434 e. The molecule has 142 valence electrons. The van der Waals surface area contributed by atoms with Gasteiger partial charge in [0.05, 0.1) is 5.69 Å². The molecule has 0 saturated heterocycles. The normalized spacial score (nSPS) is 14.9. The molecule has 1 aromatic heterocycles. The van der Waals surface area contributed by atoms with Gasteiger partial charge in [-0.2, -0.15) is 19.3 Å². The molecular weight excluding hydrogens is 377 g/mol. The Hall–Kier alpha value is -4.19. The predicted molar refractivity (Wildman–Crippen MR) is 92.5 cm³/mol. The zero-order chi connectivity index (χ0) is 20.4. The number of nitrogens with two attached hydrogens (primary N) is 2. The average molecular weight is 388 g/mol. The van der Waals surface area contributed by atoms with Crippen LogP contribution in [-0.2, 0) is 0 Å². The van der Waals surface area contributed by atoms with Crippen LogP contribution in [0.2, 0.25) is 0 Å². The van der Waals surface area contributed by atoms with Crippen molar-refractivity contribution >= 4 is 23.3 Å². The number of benzene rings is 1. The highest BCUT2D eigenvalue weighted by atomic mass is 19.3. The number of nitrogens with one attached hydrogen (secondary N) is 2. The van der Waals surface area contributed by atoms with Crippen LogP contribution >= 0.6 is 0 Å². The van der Waals surface area contributed by atoms with Gasteiger partial charge in [-0.05, 0) is 18.2 Å². The Morgan fingerprint density at radius 2 is 2.04 bits per heavy atom. The van der Waals surface area contributed by atoms with Crippen LogP contribution in [0, 0.1) is 28.6 Å². The molecule has 9 nitrogen and oxygen atoms in total. The molecule has 1 aromatic carbocycles. The number of rotatable bonds is 3. The summed E-state index contributed by atoms with van der Waals surface area (Å²) in [7, 11) is 0. The molecule has 0 amide bonds. The first-order valence-electron chi connectivity index (χ1n) is 7.58. The maximum Gasteiger partial charge on any atom is 0.387 e. The van der Waals surface area contributed by atoms with Crippen molar-refractivity contribution in [2.45, 2.75) is 12.7 Å². The Morgan fingerprint density at radius 1 is 1.29 bits per heavy atom. The standard InChI is InChI=1S/C16H11F3N8O/c17-6-1-2-9(28-15(18)19)7(3-6)12-10-11(22)8(4-20)13(23)26-14(10)27-16(25-12)24-5-21/h1-3,12,15H,(H6,22,23,24,25,26,27). The van der Waals surface area contributed by atoms with Crippen molar-refractivity contribution in [1.82, 2.24) is 10.3 Å². The Kier molecular flexibility index (Phi) is 4.78. The topological polar surface area (TPSA) is 158 Å². The summed E-state index contributed by atoms with van der Waals surface area (Å²) in [5, 5.41) is 23.0. The van der Waals surface area contributed by atoms with Gasteiger partial charge in [0.25, 0.3) is 0 Å². The fourth-order valence-electron chi connectivity index (χ4n) is 2.74. The van der Waals surface area contributed by atoms with Crippen molar-refractivity contribution in [3.05, 3.63) is 40.7 Å². The molecule has 1 unspecified atom stereocenters. The average Bonchev–Trinajstić information content (AvgIpc) is 2.62. The van der Waals surface area contributed by atoms with Crippen LogP contribution < -0.4 is 26.8 Å². The van der Waals surface area contributed by atoms with Crippen LogP contribution in [0.25, 0.3) is 0 Å². The van der Waals surface area contributed by atoms with E-state index in [-0.39, 0.29) is 45.7 Å². The first kappa shape index (κ1) is 18.6. The minimum absolute atomic E-state index is 0.0269. The first-order chi connectivity index (χ1) is 13.3. The second-order valence-electron chi connectivity index (χ2n) is 5.46. The van der Waals surface area contributed by atoms with E-state index in [4.69, 9.17) is 16.7 Å². The zero-order valence-corrected chi connectivity index (χ0v) is 13.9. The van der Waals surface area contributed by atoms with Crippen molar-refractivity contribution in [3.8, 4) is 18.0 Å². The number of aromatic nitrogens is 1. The molecule has 1 aliphatic heterocycles. The smallest absolute Gasteiger partial charge is 0.387 e. The number of nitrogens with zero attached hydrogens (tertiary/aromatic N) is 4. The van der Waals surface area contributed by atoms with Gasteiger partial charge in [-0.3, -0.25) is 5.32 Å². The van der Waals surface area contributed by atoms with Crippen LogP contribution in [0.4, 0.5) is 30.5 Å². The number of hydrogen-bond acceptors (Lipinski definition) is 9. The molecule has 3 rings (SSSR count). The first-order valence-corrected chi connectivity index (χ1v) is 7.58. The van der Waals surface area contributed by atoms with E-state index in [0.29, 0.717) is 0 Å². The number of fused-ring (bicyclic) bond motifs is 1. The highest BCUT2D eigenvalue weighted by Crippen LogP contribution is 2.43. The Morgan fingerprint density at radius 3 is 2.68 bits per heavy atom. The molecule has 0 bridgehead atoms. The lowest BCUT2D eigenvalue weighted by molar-refractivity contribution is -0.0505. The molecule has 0 fully saturated rings. The van der Waals surface area contributed by atoms with Crippen LogP contribution in [0.1, 0.15) is 22.7 Å². The molecule has 2 aromatic rings. The summed E-state index contributed by atoms with van der Waals surface area (Å²) in [6.07, 6.45) is 1.64. The summed E-state index contributed by atoms with van der Waals surface area (Å²) < 4.78 is 43.9. The van der Waals surface area contributed by atoms with E-state index in [0.717, 1.165) is 18.2 Å². The lowest BCUT2D eigenvalue weighted by Gasteiger charge is -2.27. The molecule has 0 radical (unpaired) electrons. The van der Waals surface area contributed by atoms with Crippen LogP contribution in [0.3, 0.4) is 0 Å². The Balaban J connectivity index is 2.28. The van der Waals surface area contributed by atoms with Gasteiger partial charge < -0.3 is 21.5 Å². The van der Waals surface area contributed by atoms with Crippen LogP contribution in [0.15, 0.2) is 23.2 Å². The second kappa shape index (κ2) is 7.20. The number of halogens is 3. The number of aliphatic imine (C=N–C) groups is 1. The molecule has 6 N–H and O–H groups in total. The number of alkyl halides is 2. The summed E-state index contributed by atoms with van der Waals surface area (Å²) in [6, 6.07) is 3.47. The summed E-state index contributed by atoms with van der Waals surface area (Å²) in [5.74, 6) is -1.37. The number of guanidine groups is 1. The van der Waals surface area contributed by atoms with E-state index < -0.39 is 18.5 Å². The summed E-state index contributed by atoms with van der Waals surface area (Å²) in [6.45, 7) is -3.18. The van der Waals surface area contributed by atoms with Crippen molar-refractivity contribution < 1.29 is 17.9 Å². The number of nitrogen functional groups attached to an aromatic ring is 2. The maximum atomic E-state index is 13.9. The lowest BCUT2D eigenvalue weighted by atomic mass is 9.94. The van der Waals surface area contributed by atoms with E-state index in [1.807, 2.05) is 0 Å². The van der Waals surface area contributed by atoms with Gasteiger partial charge in [0.1, 0.15) is 40.9 Å². The molecular formula is C16H11F3N8O. The minimum Gasteiger partial charge on any atom is -0.434 e. The van der Waals surface area contributed by atoms with Gasteiger partial charge in [0, 0.05) is 11.1 Å². The van der Waals surface area contributed by atoms with Crippen LogP contribution in [0.5, 0.6) is 5.75 Å². The maximum absolute atomic E-state index is 13.9. The molecule has 1 atom stereocenters. The van der Waals surface area contributed by atoms with E-state index in [2.05, 4.69) is 25.3 Å². The van der Waals surface area contributed by atoms with E-state index in [1.54, 1.807) is 12.3 Å². The van der Waals surface area contributed by atoms with E-state index in [1.165, 1.54) is 0 Å². The van der Waals surface area contributed by atoms with E-state index >= 15 is 0 Å². The van der Waals surface area contributed by atoms with Crippen LogP contribution in [-0.4, -0.2) is 17.6 Å². The van der Waals surface area contributed by atoms with Crippen molar-refractivity contribution in [2.24, 2.45) is 4.99 Å². The number of hydrogen-bond donors (Lipinski definition) is 4. The number of ether oxygens (including phenoxy) is 1. The molecule has 28 heavy (non-hydrogen) atoms. The van der Waals surface area contributed by atoms with E-state index in [9.17, 15) is 18.4 Å². The molecule has 12 heteroatoms. The van der Waals surface area contributed by atoms with Gasteiger partial charge >= 0.3 is 6.61 Å². The molecule has 2 heterocycles. The lowest BCUT2D eigenvalue weighted by Crippen LogP contribution is -2.33. The van der Waals surface area contributed by atoms with Gasteiger partial charge in [0.2, 0.25) is 5.96 Å². The fraction of sp³-hybridized carbons (Fsp3) is 0.125. The monoisotopic (exact) mass is 388 g/mol. The number of nitriles is 2. The predicted octanol–water partition coefficient (Wildman–Crippen LogP) is 1.80. The quantitative estimate of drug-likeness (QED) is 0.458. The summed E-state index contributed by atoms with van der Waals surface area (Å²) in [5.41, 5.74) is 11.5. The van der Waals surface area contributed by atoms with Gasteiger partial charge in [-0.1, -0.05) is 0 Å². The highest BCUT2D eigenvalue weighted by molar-refractivity contribution is 5.98. The fourth-order valence-corrected chi connectivity index (χ4v) is 2.74. The van der Waals surface area contributed by atoms with Gasteiger partial charge in [-0.25, -0.2) is 14.4 Å². The summed E-state index contributed by atoms with van der Waals surface area (Å²) >= 11 is 0. The summed E-state index contributed by atoms with van der Waals surface area (Å²) in [4.78, 5) is 8.19. The minimum atomic E-state index is -3.18. The molecule has 1 aliphatic rings. The third kappa shape index (κ3) is 3.26. The molecule has 0 spiro atoms. The Labute approximate surface area is 156 Å². The third-order valence-electron chi connectivity index (χ3n) is 3.84. The third-order valence-corrected chi connectivity index (χ3v) is 3.84. The van der Waals surface area contributed by atoms with Crippen molar-refractivity contribution in [3.63, 3.8) is 0 Å². The number of anilines is 3. The highest BCUT2D eigenvalue weighted by Gasteiger charge is 2.32. The zero-order valence-electron chi connectivity index (χ0n) is 13.9. The Bertz CT molecular complexity index is 1060. The van der Waals surface area contributed by atoms with Crippen molar-refractivity contribution in [2.75, 3.05) is 16.8 Å². The number of pyridine rings is 1. The van der Waals surface area contributed by atoms with Gasteiger partial charge in [-0.15, -0.1) is 0 Å². The SMILES string of the molecule is N#CNC1=NC(c2cc(F)ccc2OC(F)F)c2c(nc(N)c(C#N)c2N)N1.